The van der Waals surface area contributed by atoms with E-state index < -0.39 is 9.84 Å². The maximum absolute atomic E-state index is 12.5. The van der Waals surface area contributed by atoms with Gasteiger partial charge in [0.1, 0.15) is 5.75 Å². The number of carbonyl (C=O) groups is 1. The molecule has 1 aliphatic heterocycles. The fraction of sp³-hybridized carbons (Fsp3) is 0.650. The van der Waals surface area contributed by atoms with E-state index in [4.69, 9.17) is 4.74 Å². The first kappa shape index (κ1) is 20.0. The van der Waals surface area contributed by atoms with Crippen LogP contribution in [0.4, 0.5) is 10.5 Å². The van der Waals surface area contributed by atoms with Crippen LogP contribution < -0.4 is 10.1 Å². The third kappa shape index (κ3) is 6.13. The Morgan fingerprint density at radius 3 is 2.59 bits per heavy atom. The van der Waals surface area contributed by atoms with Crippen LogP contribution in [0.2, 0.25) is 0 Å². The van der Waals surface area contributed by atoms with Crippen molar-refractivity contribution < 1.29 is 17.9 Å². The predicted molar refractivity (Wildman–Crippen MR) is 107 cm³/mol. The maximum Gasteiger partial charge on any atom is 0.321 e. The van der Waals surface area contributed by atoms with Gasteiger partial charge in [0.25, 0.3) is 0 Å². The van der Waals surface area contributed by atoms with E-state index >= 15 is 0 Å². The van der Waals surface area contributed by atoms with Gasteiger partial charge in [0.2, 0.25) is 0 Å². The zero-order valence-electron chi connectivity index (χ0n) is 16.0. The first-order chi connectivity index (χ1) is 12.9. The van der Waals surface area contributed by atoms with Crippen LogP contribution in [0.5, 0.6) is 5.75 Å². The van der Waals surface area contributed by atoms with Crippen LogP contribution in [0.15, 0.2) is 24.3 Å². The Bertz CT molecular complexity index is 727. The van der Waals surface area contributed by atoms with Crippen molar-refractivity contribution in [2.24, 2.45) is 11.8 Å². The first-order valence-electron chi connectivity index (χ1n) is 9.90. The molecule has 2 fully saturated rings. The summed E-state index contributed by atoms with van der Waals surface area (Å²) in [5.41, 5.74) is 0.685. The largest absolute Gasteiger partial charge is 0.493 e. The molecule has 1 aliphatic carbocycles. The van der Waals surface area contributed by atoms with E-state index in [-0.39, 0.29) is 30.0 Å². The van der Waals surface area contributed by atoms with Gasteiger partial charge in [-0.15, -0.1) is 0 Å². The highest BCUT2D eigenvalue weighted by molar-refractivity contribution is 7.91. The van der Waals surface area contributed by atoms with Gasteiger partial charge in [-0.2, -0.15) is 0 Å². The lowest BCUT2D eigenvalue weighted by atomic mass is 9.90. The summed E-state index contributed by atoms with van der Waals surface area (Å²) in [5, 5.41) is 2.86. The second kappa shape index (κ2) is 8.95. The number of carbonyl (C=O) groups excluding carboxylic acids is 1. The molecule has 1 N–H and O–H groups in total. The normalized spacial score (nSPS) is 23.4. The Balaban J connectivity index is 1.50. The van der Waals surface area contributed by atoms with Gasteiger partial charge in [0, 0.05) is 18.8 Å². The third-order valence-corrected chi connectivity index (χ3v) is 7.23. The minimum atomic E-state index is -3.07. The molecule has 6 nitrogen and oxygen atoms in total. The second-order valence-electron chi connectivity index (χ2n) is 7.94. The van der Waals surface area contributed by atoms with Gasteiger partial charge in [-0.3, -0.25) is 0 Å². The molecule has 0 aromatic heterocycles. The van der Waals surface area contributed by atoms with Crippen LogP contribution in [0.25, 0.3) is 0 Å². The monoisotopic (exact) mass is 394 g/mol. The number of urea groups is 1. The lowest BCUT2D eigenvalue weighted by Gasteiger charge is -2.23. The molecule has 1 unspecified atom stereocenters. The lowest BCUT2D eigenvalue weighted by molar-refractivity contribution is 0.208. The number of ether oxygens (including phenoxy) is 1. The Morgan fingerprint density at radius 1 is 1.19 bits per heavy atom. The van der Waals surface area contributed by atoms with E-state index in [2.05, 4.69) is 5.32 Å². The van der Waals surface area contributed by atoms with Crippen molar-refractivity contribution in [3.8, 4) is 5.75 Å². The number of hydrogen-bond donors (Lipinski definition) is 1. The molecule has 2 amide bonds. The number of rotatable bonds is 4. The van der Waals surface area contributed by atoms with Gasteiger partial charge in [-0.1, -0.05) is 26.2 Å². The highest BCUT2D eigenvalue weighted by Gasteiger charge is 2.27. The van der Waals surface area contributed by atoms with E-state index in [1.807, 2.05) is 31.2 Å². The number of nitrogens with one attached hydrogen (secondary N) is 1. The van der Waals surface area contributed by atoms with Crippen LogP contribution in [-0.2, 0) is 9.84 Å². The standard InChI is InChI=1S/C20H30N2O4S/c1-16-13-22(11-12-27(24,25)15-16)20(23)21-18-7-9-19(10-8-18)26-14-17-5-3-2-4-6-17/h7-10,16-17H,2-6,11-15H2,1H3,(H,21,23). The van der Waals surface area contributed by atoms with Crippen LogP contribution in [-0.4, -0.2) is 50.6 Å². The molecule has 3 rings (SSSR count). The van der Waals surface area contributed by atoms with Gasteiger partial charge in [0.15, 0.2) is 9.84 Å². The van der Waals surface area contributed by atoms with Gasteiger partial charge in [-0.05, 0) is 48.9 Å². The Morgan fingerprint density at radius 2 is 1.89 bits per heavy atom. The molecule has 0 radical (unpaired) electrons. The highest BCUT2D eigenvalue weighted by atomic mass is 32.2. The number of nitrogens with zero attached hydrogens (tertiary/aromatic N) is 1. The number of benzene rings is 1. The summed E-state index contributed by atoms with van der Waals surface area (Å²) in [6.45, 7) is 3.31. The van der Waals surface area contributed by atoms with Gasteiger partial charge >= 0.3 is 6.03 Å². The highest BCUT2D eigenvalue weighted by Crippen LogP contribution is 2.25. The minimum absolute atomic E-state index is 0.0265. The summed E-state index contributed by atoms with van der Waals surface area (Å²) in [6.07, 6.45) is 6.44. The molecular formula is C20H30N2O4S. The van der Waals surface area contributed by atoms with Gasteiger partial charge < -0.3 is 15.0 Å². The smallest absolute Gasteiger partial charge is 0.321 e. The molecule has 27 heavy (non-hydrogen) atoms. The summed E-state index contributed by atoms with van der Waals surface area (Å²) in [6, 6.07) is 7.13. The second-order valence-corrected chi connectivity index (χ2v) is 10.2. The minimum Gasteiger partial charge on any atom is -0.493 e. The molecule has 1 atom stereocenters. The number of amides is 2. The average molecular weight is 395 g/mol. The van der Waals surface area contributed by atoms with Crippen LogP contribution in [0, 0.1) is 11.8 Å². The number of hydrogen-bond acceptors (Lipinski definition) is 4. The molecular weight excluding hydrogens is 364 g/mol. The molecule has 7 heteroatoms. The SMILES string of the molecule is CC1CN(C(=O)Nc2ccc(OCC3CCCCC3)cc2)CCS(=O)(=O)C1. The van der Waals surface area contributed by atoms with Crippen molar-refractivity contribution in [3.05, 3.63) is 24.3 Å². The zero-order chi connectivity index (χ0) is 19.3. The number of anilines is 1. The number of sulfone groups is 1. The quantitative estimate of drug-likeness (QED) is 0.847. The Labute approximate surface area is 162 Å². The fourth-order valence-corrected chi connectivity index (χ4v) is 5.51. The van der Waals surface area contributed by atoms with Crippen molar-refractivity contribution in [2.75, 3.05) is 36.5 Å². The van der Waals surface area contributed by atoms with Crippen LogP contribution in [0.1, 0.15) is 39.0 Å². The lowest BCUT2D eigenvalue weighted by Crippen LogP contribution is -2.38. The molecule has 0 bridgehead atoms. The van der Waals surface area contributed by atoms with Crippen LogP contribution in [0.3, 0.4) is 0 Å². The molecule has 1 heterocycles. The van der Waals surface area contributed by atoms with E-state index in [0.29, 0.717) is 18.2 Å². The van der Waals surface area contributed by atoms with Gasteiger partial charge in [-0.25, -0.2) is 13.2 Å². The topological polar surface area (TPSA) is 75.7 Å². The summed E-state index contributed by atoms with van der Waals surface area (Å²) < 4.78 is 29.6. The Kier molecular flexibility index (Phi) is 6.63. The summed E-state index contributed by atoms with van der Waals surface area (Å²) in [4.78, 5) is 14.1. The van der Waals surface area contributed by atoms with Gasteiger partial charge in [0.05, 0.1) is 18.1 Å². The average Bonchev–Trinajstić information content (AvgIpc) is 2.79. The van der Waals surface area contributed by atoms with Crippen molar-refractivity contribution in [1.82, 2.24) is 4.90 Å². The zero-order valence-corrected chi connectivity index (χ0v) is 16.8. The van der Waals surface area contributed by atoms with Crippen molar-refractivity contribution in [3.63, 3.8) is 0 Å². The van der Waals surface area contributed by atoms with E-state index in [9.17, 15) is 13.2 Å². The van der Waals surface area contributed by atoms with Crippen LogP contribution >= 0.6 is 0 Å². The van der Waals surface area contributed by atoms with Crippen molar-refractivity contribution >= 4 is 21.6 Å². The first-order valence-corrected chi connectivity index (χ1v) is 11.7. The molecule has 1 aromatic carbocycles. The predicted octanol–water partition coefficient (Wildman–Crippen LogP) is 3.54. The fourth-order valence-electron chi connectivity index (χ4n) is 3.88. The molecule has 150 valence electrons. The summed E-state index contributed by atoms with van der Waals surface area (Å²) in [5.74, 6) is 1.58. The molecule has 1 saturated heterocycles. The maximum atomic E-state index is 12.5. The molecule has 2 aliphatic rings. The summed E-state index contributed by atoms with van der Waals surface area (Å²) >= 11 is 0. The molecule has 1 aromatic rings. The van der Waals surface area contributed by atoms with Crippen molar-refractivity contribution in [1.29, 1.82) is 0 Å². The summed E-state index contributed by atoms with van der Waals surface area (Å²) in [7, 11) is -3.07. The Hall–Kier alpha value is -1.76. The van der Waals surface area contributed by atoms with E-state index in [1.54, 1.807) is 4.90 Å². The van der Waals surface area contributed by atoms with Crippen molar-refractivity contribution in [2.45, 2.75) is 39.0 Å². The molecule has 1 saturated carbocycles. The molecule has 0 spiro atoms. The third-order valence-electron chi connectivity index (χ3n) is 5.35. The van der Waals surface area contributed by atoms with E-state index in [1.165, 1.54) is 32.1 Å². The van der Waals surface area contributed by atoms with E-state index in [0.717, 1.165) is 12.4 Å².